The van der Waals surface area contributed by atoms with Crippen LogP contribution in [0, 0.1) is 5.92 Å². The molecular formula is C17H29N5O2. The third kappa shape index (κ3) is 4.15. The van der Waals surface area contributed by atoms with Crippen molar-refractivity contribution in [2.24, 2.45) is 5.92 Å². The van der Waals surface area contributed by atoms with Crippen LogP contribution in [0.3, 0.4) is 0 Å². The monoisotopic (exact) mass is 335 g/mol. The fourth-order valence-corrected chi connectivity index (χ4v) is 4.02. The molecule has 1 N–H and O–H groups in total. The van der Waals surface area contributed by atoms with Crippen molar-refractivity contribution in [3.8, 4) is 0 Å². The number of rotatable bonds is 5. The normalized spacial score (nSPS) is 27.5. The quantitative estimate of drug-likeness (QED) is 0.802. The Labute approximate surface area is 143 Å². The van der Waals surface area contributed by atoms with Crippen molar-refractivity contribution in [1.82, 2.24) is 24.5 Å². The van der Waals surface area contributed by atoms with Crippen molar-refractivity contribution in [2.45, 2.75) is 32.5 Å². The van der Waals surface area contributed by atoms with Gasteiger partial charge in [-0.05, 0) is 12.0 Å². The molecule has 7 nitrogen and oxygen atoms in total. The topological polar surface area (TPSA) is 64.8 Å². The summed E-state index contributed by atoms with van der Waals surface area (Å²) in [5, 5.41) is 14.5. The van der Waals surface area contributed by atoms with Gasteiger partial charge in [-0.1, -0.05) is 6.92 Å². The number of carbonyl (C=O) groups is 1. The van der Waals surface area contributed by atoms with Crippen molar-refractivity contribution in [1.29, 1.82) is 0 Å². The third-order valence-electron chi connectivity index (χ3n) is 5.30. The lowest BCUT2D eigenvalue weighted by Gasteiger charge is -2.39. The molecule has 0 bridgehead atoms. The first-order valence-electron chi connectivity index (χ1n) is 8.90. The Balaban J connectivity index is 1.47. The maximum Gasteiger partial charge on any atom is 0.219 e. The second-order valence-electron chi connectivity index (χ2n) is 7.19. The molecule has 1 aromatic heterocycles. The minimum absolute atomic E-state index is 0.178. The smallest absolute Gasteiger partial charge is 0.219 e. The maximum atomic E-state index is 11.5. The SMILES string of the molecule is CC(=O)N1CCN([C@@H]2CN(C[C@H](O)Cn3cccn3)C[C@H]2C)CC1. The summed E-state index contributed by atoms with van der Waals surface area (Å²) in [6.07, 6.45) is 3.22. The van der Waals surface area contributed by atoms with Gasteiger partial charge < -0.3 is 10.0 Å². The van der Waals surface area contributed by atoms with Crippen LogP contribution in [0.4, 0.5) is 0 Å². The highest BCUT2D eigenvalue weighted by atomic mass is 16.3. The van der Waals surface area contributed by atoms with Gasteiger partial charge in [-0.3, -0.25) is 19.3 Å². The predicted octanol–water partition coefficient (Wildman–Crippen LogP) is -0.272. The van der Waals surface area contributed by atoms with Gasteiger partial charge in [-0.2, -0.15) is 5.10 Å². The summed E-state index contributed by atoms with van der Waals surface area (Å²) in [5.41, 5.74) is 0. The third-order valence-corrected chi connectivity index (χ3v) is 5.30. The average molecular weight is 335 g/mol. The number of hydrogen-bond acceptors (Lipinski definition) is 5. The molecule has 1 aromatic rings. The highest BCUT2D eigenvalue weighted by Gasteiger charge is 2.36. The van der Waals surface area contributed by atoms with E-state index in [0.717, 1.165) is 39.3 Å². The summed E-state index contributed by atoms with van der Waals surface area (Å²) in [7, 11) is 0. The fourth-order valence-electron chi connectivity index (χ4n) is 4.02. The number of likely N-dealkylation sites (tertiary alicyclic amines) is 1. The standard InChI is InChI=1S/C17H29N5O2/c1-14-10-19(11-16(24)12-22-5-3-4-18-22)13-17(14)21-8-6-20(7-9-21)15(2)23/h3-5,14,16-17,24H,6-13H2,1-2H3/t14-,16+,17-/m1/s1. The lowest BCUT2D eigenvalue weighted by molar-refractivity contribution is -0.130. The molecule has 3 rings (SSSR count). The van der Waals surface area contributed by atoms with E-state index in [1.807, 2.05) is 17.2 Å². The Morgan fingerprint density at radius 3 is 2.62 bits per heavy atom. The molecule has 2 aliphatic rings. The van der Waals surface area contributed by atoms with Crippen molar-refractivity contribution in [3.05, 3.63) is 18.5 Å². The number of aliphatic hydroxyl groups excluding tert-OH is 1. The second-order valence-corrected chi connectivity index (χ2v) is 7.19. The molecule has 0 spiro atoms. The van der Waals surface area contributed by atoms with Crippen LogP contribution in [-0.4, -0.2) is 93.5 Å². The summed E-state index contributed by atoms with van der Waals surface area (Å²) in [6.45, 7) is 10.8. The van der Waals surface area contributed by atoms with Gasteiger partial charge in [0.15, 0.2) is 0 Å². The van der Waals surface area contributed by atoms with Gasteiger partial charge in [-0.25, -0.2) is 0 Å². The molecule has 0 saturated carbocycles. The van der Waals surface area contributed by atoms with Gasteiger partial charge in [0.2, 0.25) is 5.91 Å². The van der Waals surface area contributed by atoms with Gasteiger partial charge >= 0.3 is 0 Å². The summed E-state index contributed by atoms with van der Waals surface area (Å²) >= 11 is 0. The first-order valence-corrected chi connectivity index (χ1v) is 8.90. The van der Waals surface area contributed by atoms with Crippen LogP contribution < -0.4 is 0 Å². The van der Waals surface area contributed by atoms with E-state index in [0.29, 0.717) is 25.0 Å². The maximum absolute atomic E-state index is 11.5. The molecular weight excluding hydrogens is 306 g/mol. The number of aliphatic hydroxyl groups is 1. The summed E-state index contributed by atoms with van der Waals surface area (Å²) in [6, 6.07) is 2.40. The van der Waals surface area contributed by atoms with Crippen LogP contribution in [0.2, 0.25) is 0 Å². The number of β-amino-alcohol motifs (C(OH)–C–C–N with tert-alkyl or cyclic N) is 1. The molecule has 0 radical (unpaired) electrons. The molecule has 3 atom stereocenters. The lowest BCUT2D eigenvalue weighted by Crippen LogP contribution is -2.53. The van der Waals surface area contributed by atoms with Gasteiger partial charge in [0.05, 0.1) is 12.6 Å². The van der Waals surface area contributed by atoms with E-state index in [-0.39, 0.29) is 5.91 Å². The van der Waals surface area contributed by atoms with Crippen LogP contribution in [0.1, 0.15) is 13.8 Å². The van der Waals surface area contributed by atoms with Crippen molar-refractivity contribution < 1.29 is 9.90 Å². The highest BCUT2D eigenvalue weighted by Crippen LogP contribution is 2.23. The van der Waals surface area contributed by atoms with E-state index in [2.05, 4.69) is 21.8 Å². The predicted molar refractivity (Wildman–Crippen MR) is 91.5 cm³/mol. The Morgan fingerprint density at radius 1 is 1.25 bits per heavy atom. The first kappa shape index (κ1) is 17.4. The number of hydrogen-bond donors (Lipinski definition) is 1. The van der Waals surface area contributed by atoms with E-state index in [9.17, 15) is 9.90 Å². The van der Waals surface area contributed by atoms with Crippen LogP contribution in [0.25, 0.3) is 0 Å². The van der Waals surface area contributed by atoms with Crippen LogP contribution in [-0.2, 0) is 11.3 Å². The number of amides is 1. The average Bonchev–Trinajstić information content (AvgIpc) is 3.17. The number of aromatic nitrogens is 2. The lowest BCUT2D eigenvalue weighted by atomic mass is 10.0. The minimum Gasteiger partial charge on any atom is -0.390 e. The fraction of sp³-hybridized carbons (Fsp3) is 0.765. The van der Waals surface area contributed by atoms with Gasteiger partial charge in [-0.15, -0.1) is 0 Å². The Bertz CT molecular complexity index is 527. The molecule has 1 amide bonds. The molecule has 2 saturated heterocycles. The zero-order valence-corrected chi connectivity index (χ0v) is 14.7. The zero-order chi connectivity index (χ0) is 17.1. The second kappa shape index (κ2) is 7.63. The van der Waals surface area contributed by atoms with Crippen LogP contribution in [0.5, 0.6) is 0 Å². The molecule has 7 heteroatoms. The summed E-state index contributed by atoms with van der Waals surface area (Å²) in [4.78, 5) is 18.3. The van der Waals surface area contributed by atoms with Gasteiger partial charge in [0, 0.05) is 71.2 Å². The summed E-state index contributed by atoms with van der Waals surface area (Å²) in [5.74, 6) is 0.767. The molecule has 2 fully saturated rings. The van der Waals surface area contributed by atoms with E-state index in [1.165, 1.54) is 0 Å². The first-order chi connectivity index (χ1) is 11.5. The van der Waals surface area contributed by atoms with Crippen LogP contribution >= 0.6 is 0 Å². The number of piperazine rings is 1. The number of nitrogens with zero attached hydrogens (tertiary/aromatic N) is 5. The molecule has 24 heavy (non-hydrogen) atoms. The molecule has 0 unspecified atom stereocenters. The minimum atomic E-state index is -0.398. The van der Waals surface area contributed by atoms with Crippen LogP contribution in [0.15, 0.2) is 18.5 Å². The molecule has 0 aliphatic carbocycles. The molecule has 0 aromatic carbocycles. The van der Waals surface area contributed by atoms with Gasteiger partial charge in [0.1, 0.15) is 0 Å². The van der Waals surface area contributed by atoms with Crippen molar-refractivity contribution in [2.75, 3.05) is 45.8 Å². The van der Waals surface area contributed by atoms with Crippen molar-refractivity contribution in [3.63, 3.8) is 0 Å². The van der Waals surface area contributed by atoms with Gasteiger partial charge in [0.25, 0.3) is 0 Å². The zero-order valence-electron chi connectivity index (χ0n) is 14.7. The van der Waals surface area contributed by atoms with E-state index in [4.69, 9.17) is 0 Å². The Kier molecular flexibility index (Phi) is 5.53. The van der Waals surface area contributed by atoms with Crippen molar-refractivity contribution >= 4 is 5.91 Å². The largest absolute Gasteiger partial charge is 0.390 e. The van der Waals surface area contributed by atoms with E-state index >= 15 is 0 Å². The molecule has 2 aliphatic heterocycles. The summed E-state index contributed by atoms with van der Waals surface area (Å²) < 4.78 is 1.78. The Morgan fingerprint density at radius 2 is 2.00 bits per heavy atom. The Hall–Kier alpha value is -1.44. The number of carbonyl (C=O) groups excluding carboxylic acids is 1. The van der Waals surface area contributed by atoms with E-state index < -0.39 is 6.10 Å². The molecule has 3 heterocycles. The highest BCUT2D eigenvalue weighted by molar-refractivity contribution is 5.73. The molecule has 134 valence electrons. The van der Waals surface area contributed by atoms with E-state index in [1.54, 1.807) is 17.8 Å².